The van der Waals surface area contributed by atoms with Gasteiger partial charge < -0.3 is 9.84 Å². The van der Waals surface area contributed by atoms with E-state index in [9.17, 15) is 4.79 Å². The van der Waals surface area contributed by atoms with Crippen molar-refractivity contribution in [2.45, 2.75) is 13.3 Å². The van der Waals surface area contributed by atoms with Crippen LogP contribution in [0.25, 0.3) is 6.08 Å². The molecular formula is C12H11ClO3. The van der Waals surface area contributed by atoms with Gasteiger partial charge in [0.1, 0.15) is 12.4 Å². The Kier molecular flexibility index (Phi) is 2.88. The molecule has 0 aromatic heterocycles. The molecular weight excluding hydrogens is 228 g/mol. The van der Waals surface area contributed by atoms with Gasteiger partial charge in [-0.05, 0) is 30.2 Å². The standard InChI is InChI=1S/C12H11ClO3/c1-2-7-3-8-5-9(12(14)15)6-16-11(8)10(13)4-7/h3-5H,2,6H2,1H3,(H,14,15). The van der Waals surface area contributed by atoms with Crippen molar-refractivity contribution in [3.8, 4) is 5.75 Å². The van der Waals surface area contributed by atoms with Crippen LogP contribution in [-0.2, 0) is 11.2 Å². The lowest BCUT2D eigenvalue weighted by Gasteiger charge is -2.17. The Morgan fingerprint density at radius 1 is 1.56 bits per heavy atom. The average molecular weight is 239 g/mol. The maximum absolute atomic E-state index is 10.8. The summed E-state index contributed by atoms with van der Waals surface area (Å²) in [5.74, 6) is -0.382. The number of hydrogen-bond acceptors (Lipinski definition) is 2. The third-order valence-electron chi connectivity index (χ3n) is 2.52. The summed E-state index contributed by atoms with van der Waals surface area (Å²) in [4.78, 5) is 10.8. The zero-order chi connectivity index (χ0) is 11.7. The van der Waals surface area contributed by atoms with Crippen molar-refractivity contribution < 1.29 is 14.6 Å². The Morgan fingerprint density at radius 2 is 2.31 bits per heavy atom. The normalized spacial score (nSPS) is 13.8. The molecule has 0 bridgehead atoms. The van der Waals surface area contributed by atoms with Gasteiger partial charge in [0.2, 0.25) is 0 Å². The molecule has 0 saturated carbocycles. The highest BCUT2D eigenvalue weighted by Crippen LogP contribution is 2.35. The molecule has 0 fully saturated rings. The van der Waals surface area contributed by atoms with Crippen LogP contribution in [0.15, 0.2) is 17.7 Å². The van der Waals surface area contributed by atoms with Crippen LogP contribution < -0.4 is 4.74 Å². The van der Waals surface area contributed by atoms with E-state index in [2.05, 4.69) is 0 Å². The first-order valence-electron chi connectivity index (χ1n) is 5.01. The van der Waals surface area contributed by atoms with Crippen LogP contribution in [0.2, 0.25) is 5.02 Å². The summed E-state index contributed by atoms with van der Waals surface area (Å²) in [5.41, 5.74) is 2.06. The summed E-state index contributed by atoms with van der Waals surface area (Å²) >= 11 is 6.05. The maximum atomic E-state index is 10.8. The van der Waals surface area contributed by atoms with E-state index in [-0.39, 0.29) is 12.2 Å². The highest BCUT2D eigenvalue weighted by Gasteiger charge is 2.19. The molecule has 1 N–H and O–H groups in total. The Hall–Kier alpha value is -1.48. The van der Waals surface area contributed by atoms with Crippen molar-refractivity contribution in [2.24, 2.45) is 0 Å². The zero-order valence-corrected chi connectivity index (χ0v) is 9.54. The van der Waals surface area contributed by atoms with Crippen molar-refractivity contribution in [1.29, 1.82) is 0 Å². The summed E-state index contributed by atoms with van der Waals surface area (Å²) in [7, 11) is 0. The molecule has 3 nitrogen and oxygen atoms in total. The topological polar surface area (TPSA) is 46.5 Å². The van der Waals surface area contributed by atoms with Crippen LogP contribution in [0.5, 0.6) is 5.75 Å². The van der Waals surface area contributed by atoms with Crippen molar-refractivity contribution in [3.63, 3.8) is 0 Å². The molecule has 1 aromatic carbocycles. The minimum Gasteiger partial charge on any atom is -0.486 e. The van der Waals surface area contributed by atoms with Gasteiger partial charge in [0, 0.05) is 5.56 Å². The number of carbonyl (C=O) groups is 1. The van der Waals surface area contributed by atoms with Crippen molar-refractivity contribution >= 4 is 23.6 Å². The SMILES string of the molecule is CCc1cc(Cl)c2c(c1)C=C(C(=O)O)CO2. The van der Waals surface area contributed by atoms with Gasteiger partial charge in [-0.2, -0.15) is 0 Å². The number of benzene rings is 1. The van der Waals surface area contributed by atoms with Gasteiger partial charge >= 0.3 is 5.97 Å². The monoisotopic (exact) mass is 238 g/mol. The number of halogens is 1. The number of hydrogen-bond donors (Lipinski definition) is 1. The van der Waals surface area contributed by atoms with Crippen LogP contribution in [0.3, 0.4) is 0 Å². The largest absolute Gasteiger partial charge is 0.486 e. The summed E-state index contributed by atoms with van der Waals surface area (Å²) in [5, 5.41) is 9.42. The molecule has 1 aliphatic heterocycles. The van der Waals surface area contributed by atoms with E-state index in [4.69, 9.17) is 21.4 Å². The Bertz CT molecular complexity index is 477. The number of aryl methyl sites for hydroxylation is 1. The van der Waals surface area contributed by atoms with Crippen LogP contribution >= 0.6 is 11.6 Å². The molecule has 0 aliphatic carbocycles. The first-order valence-corrected chi connectivity index (χ1v) is 5.38. The molecule has 1 aliphatic rings. The minimum atomic E-state index is -0.955. The fourth-order valence-corrected chi connectivity index (χ4v) is 1.94. The van der Waals surface area contributed by atoms with Crippen LogP contribution in [0.4, 0.5) is 0 Å². The molecule has 16 heavy (non-hydrogen) atoms. The lowest BCUT2D eigenvalue weighted by atomic mass is 10.0. The van der Waals surface area contributed by atoms with E-state index in [1.54, 1.807) is 6.08 Å². The number of rotatable bonds is 2. The van der Waals surface area contributed by atoms with Gasteiger partial charge in [-0.25, -0.2) is 4.79 Å². The van der Waals surface area contributed by atoms with Gasteiger partial charge in [-0.1, -0.05) is 18.5 Å². The lowest BCUT2D eigenvalue weighted by molar-refractivity contribution is -0.132. The average Bonchev–Trinajstić information content (AvgIpc) is 2.28. The van der Waals surface area contributed by atoms with E-state index in [0.29, 0.717) is 10.8 Å². The number of carboxylic acid groups (broad SMARTS) is 1. The first-order chi connectivity index (χ1) is 7.61. The minimum absolute atomic E-state index is 0.0630. The van der Waals surface area contributed by atoms with Gasteiger partial charge in [0.15, 0.2) is 0 Å². The smallest absolute Gasteiger partial charge is 0.335 e. The maximum Gasteiger partial charge on any atom is 0.335 e. The van der Waals surface area contributed by atoms with Crippen molar-refractivity contribution in [1.82, 2.24) is 0 Å². The van der Waals surface area contributed by atoms with Crippen molar-refractivity contribution in [3.05, 3.63) is 33.9 Å². The number of carboxylic acids is 1. The summed E-state index contributed by atoms with van der Waals surface area (Å²) in [6, 6.07) is 3.75. The predicted octanol–water partition coefficient (Wildman–Crippen LogP) is 2.76. The lowest BCUT2D eigenvalue weighted by Crippen LogP contribution is -2.14. The molecule has 2 rings (SSSR count). The molecule has 0 unspecified atom stereocenters. The molecule has 1 heterocycles. The second kappa shape index (κ2) is 4.18. The second-order valence-electron chi connectivity index (χ2n) is 3.61. The summed E-state index contributed by atoms with van der Waals surface area (Å²) in [6.07, 6.45) is 2.47. The molecule has 0 saturated heterocycles. The number of aliphatic carboxylic acids is 1. The predicted molar refractivity (Wildman–Crippen MR) is 61.9 cm³/mol. The molecule has 84 valence electrons. The Balaban J connectivity index is 2.52. The van der Waals surface area contributed by atoms with E-state index in [1.165, 1.54) is 0 Å². The quantitative estimate of drug-likeness (QED) is 0.862. The molecule has 1 aromatic rings. The molecule has 4 heteroatoms. The third kappa shape index (κ3) is 1.91. The Morgan fingerprint density at radius 3 is 2.94 bits per heavy atom. The number of fused-ring (bicyclic) bond motifs is 1. The molecule has 0 atom stereocenters. The summed E-state index contributed by atoms with van der Waals surface area (Å²) < 4.78 is 5.35. The highest BCUT2D eigenvalue weighted by molar-refractivity contribution is 6.32. The number of ether oxygens (including phenoxy) is 1. The fourth-order valence-electron chi connectivity index (χ4n) is 1.64. The van der Waals surface area contributed by atoms with E-state index in [1.807, 2.05) is 19.1 Å². The molecule has 0 spiro atoms. The summed E-state index contributed by atoms with van der Waals surface area (Å²) in [6.45, 7) is 2.08. The molecule has 0 radical (unpaired) electrons. The van der Waals surface area contributed by atoms with Gasteiger partial charge in [0.05, 0.1) is 10.6 Å². The van der Waals surface area contributed by atoms with Gasteiger partial charge in [-0.15, -0.1) is 0 Å². The molecule has 0 amide bonds. The Labute approximate surface area is 98.3 Å². The van der Waals surface area contributed by atoms with Crippen molar-refractivity contribution in [2.75, 3.05) is 6.61 Å². The van der Waals surface area contributed by atoms with E-state index in [0.717, 1.165) is 17.5 Å². The highest BCUT2D eigenvalue weighted by atomic mass is 35.5. The zero-order valence-electron chi connectivity index (χ0n) is 8.79. The van der Waals surface area contributed by atoms with E-state index < -0.39 is 5.97 Å². The second-order valence-corrected chi connectivity index (χ2v) is 4.02. The van der Waals surface area contributed by atoms with Crippen LogP contribution in [0.1, 0.15) is 18.1 Å². The van der Waals surface area contributed by atoms with Crippen LogP contribution in [0, 0.1) is 0 Å². The third-order valence-corrected chi connectivity index (χ3v) is 2.80. The van der Waals surface area contributed by atoms with Gasteiger partial charge in [-0.3, -0.25) is 0 Å². The van der Waals surface area contributed by atoms with E-state index >= 15 is 0 Å². The van der Waals surface area contributed by atoms with Gasteiger partial charge in [0.25, 0.3) is 0 Å². The fraction of sp³-hybridized carbons (Fsp3) is 0.250. The van der Waals surface area contributed by atoms with Crippen LogP contribution in [-0.4, -0.2) is 17.7 Å². The first kappa shape index (κ1) is 11.0.